The number of aryl methyl sites for hydroxylation is 2. The number of rotatable bonds is 7. The van der Waals surface area contributed by atoms with Crippen LogP contribution in [0.5, 0.6) is 0 Å². The Morgan fingerprint density at radius 1 is 1.11 bits per heavy atom. The molecule has 2 aliphatic heterocycles. The molecule has 3 aliphatic rings. The van der Waals surface area contributed by atoms with Gasteiger partial charge >= 0.3 is 29.0 Å². The Bertz CT molecular complexity index is 1910. The van der Waals surface area contributed by atoms with Crippen molar-refractivity contribution in [1.82, 2.24) is 19.9 Å². The largest absolute Gasteiger partial charge is 2.00 e. The van der Waals surface area contributed by atoms with Crippen LogP contribution in [0.3, 0.4) is 0 Å². The van der Waals surface area contributed by atoms with E-state index in [4.69, 9.17) is 19.9 Å². The molecule has 6 rings (SSSR count). The van der Waals surface area contributed by atoms with Crippen molar-refractivity contribution < 1.29 is 14.7 Å². The number of hydrogen-bond acceptors (Lipinski definition) is 4. The number of aliphatic carboxylic acids is 1. The SMILES string of the molecule is C=Cc1c(C)c2cc3nc(c4c5[n-]c(cc6nc(cc1[n-]2)C(C)=C6CC(C)C)c(CC)c5C(=O)C4)[C@@H](CCC(=O)O)[C@@H]3C.[Mg+2]. The number of carbonyl (C=O) groups excluding carboxylic acids is 1. The van der Waals surface area contributed by atoms with E-state index in [2.05, 4.69) is 41.2 Å². The molecule has 8 bridgehead atoms. The summed E-state index contributed by atoms with van der Waals surface area (Å²) in [5.74, 6) is -0.539. The van der Waals surface area contributed by atoms with Crippen molar-refractivity contribution in [2.24, 2.45) is 5.92 Å². The van der Waals surface area contributed by atoms with Crippen molar-refractivity contribution in [3.05, 3.63) is 75.4 Å². The molecule has 1 N–H and O–H groups in total. The molecule has 0 saturated carbocycles. The minimum absolute atomic E-state index is 0. The number of carbonyl (C=O) groups is 2. The van der Waals surface area contributed by atoms with Crippen molar-refractivity contribution >= 4 is 74.1 Å². The van der Waals surface area contributed by atoms with Gasteiger partial charge in [-0.2, -0.15) is 0 Å². The van der Waals surface area contributed by atoms with E-state index in [0.29, 0.717) is 29.8 Å². The molecule has 222 valence electrons. The van der Waals surface area contributed by atoms with E-state index >= 15 is 0 Å². The number of Topliss-reactive ketones (excluding diaryl/α,β-unsaturated/α-hetero) is 1. The molecule has 0 spiro atoms. The smallest absolute Gasteiger partial charge is 0.657 e. The Morgan fingerprint density at radius 2 is 1.84 bits per heavy atom. The summed E-state index contributed by atoms with van der Waals surface area (Å²) in [6.07, 6.45) is 4.08. The van der Waals surface area contributed by atoms with Gasteiger partial charge in [0.05, 0.1) is 11.4 Å². The number of hydrogen-bond donors (Lipinski definition) is 1. The molecule has 0 unspecified atom stereocenters. The van der Waals surface area contributed by atoms with Gasteiger partial charge in [0.2, 0.25) is 0 Å². The average molecular weight is 599 g/mol. The molecule has 2 atom stereocenters. The van der Waals surface area contributed by atoms with Gasteiger partial charge in [-0.1, -0.05) is 69.7 Å². The maximum Gasteiger partial charge on any atom is 2.00 e. The summed E-state index contributed by atoms with van der Waals surface area (Å²) in [7, 11) is 0. The Morgan fingerprint density at radius 3 is 2.50 bits per heavy atom. The van der Waals surface area contributed by atoms with E-state index in [-0.39, 0.29) is 53.5 Å². The first-order valence-electron chi connectivity index (χ1n) is 15.3. The van der Waals surface area contributed by atoms with Crippen molar-refractivity contribution in [3.63, 3.8) is 0 Å². The van der Waals surface area contributed by atoms with Gasteiger partial charge in [0.25, 0.3) is 0 Å². The zero-order chi connectivity index (χ0) is 30.7. The van der Waals surface area contributed by atoms with Crippen molar-refractivity contribution in [3.8, 4) is 0 Å². The van der Waals surface area contributed by atoms with E-state index in [1.165, 1.54) is 5.57 Å². The van der Waals surface area contributed by atoms with Crippen molar-refractivity contribution in [1.29, 1.82) is 0 Å². The van der Waals surface area contributed by atoms with Crippen LogP contribution in [-0.2, 0) is 17.6 Å². The minimum Gasteiger partial charge on any atom is -0.657 e. The van der Waals surface area contributed by atoms with Crippen molar-refractivity contribution in [2.45, 2.75) is 85.5 Å². The number of ketones is 1. The Hall–Kier alpha value is -3.49. The zero-order valence-corrected chi connectivity index (χ0v) is 28.0. The van der Waals surface area contributed by atoms with Crippen LogP contribution in [0.1, 0.15) is 121 Å². The number of allylic oxidation sites excluding steroid dienone is 2. The summed E-state index contributed by atoms with van der Waals surface area (Å²) >= 11 is 0. The number of nitrogens with zero attached hydrogens (tertiary/aromatic N) is 4. The Kier molecular flexibility index (Phi) is 8.80. The number of aromatic nitrogens is 4. The van der Waals surface area contributed by atoms with Crippen LogP contribution in [0.4, 0.5) is 0 Å². The van der Waals surface area contributed by atoms with Crippen LogP contribution in [0.25, 0.3) is 39.3 Å². The summed E-state index contributed by atoms with van der Waals surface area (Å²) in [4.78, 5) is 45.6. The maximum absolute atomic E-state index is 13.6. The molecule has 8 heteroatoms. The second-order valence-electron chi connectivity index (χ2n) is 12.5. The van der Waals surface area contributed by atoms with Crippen LogP contribution >= 0.6 is 0 Å². The van der Waals surface area contributed by atoms with Gasteiger partial charge in [-0.15, -0.1) is 22.1 Å². The number of carboxylic acids is 1. The Labute approximate surface area is 274 Å². The first kappa shape index (κ1) is 31.9. The molecule has 44 heavy (non-hydrogen) atoms. The van der Waals surface area contributed by atoms with Gasteiger partial charge in [0, 0.05) is 41.6 Å². The standard InChI is InChI=1S/C36H40N4O3.Mg/c1-8-21-18(5)26-14-28-19(6)23(10-11-33(42)43)35(39-28)25-13-32(41)34-22(9-2)30(40-36(25)34)16-31-24(12-17(3)4)20(7)27(38-31)15-29(21)37-26;/h8,14-17,19,23H,1,9-13H2,2-7H3,(H3,37,38,39,40,41,42,43);/q;+2/p-2/t19-,23-;/m0./s1. The molecule has 0 aromatic carbocycles. The third-order valence-corrected chi connectivity index (χ3v) is 9.32. The molecule has 0 fully saturated rings. The molecule has 5 heterocycles. The first-order chi connectivity index (χ1) is 20.5. The summed E-state index contributed by atoms with van der Waals surface area (Å²) < 4.78 is 0. The topological polar surface area (TPSA) is 108 Å². The molecule has 0 radical (unpaired) electrons. The van der Waals surface area contributed by atoms with Crippen LogP contribution in [0.15, 0.2) is 24.8 Å². The molecule has 0 amide bonds. The minimum atomic E-state index is -0.842. The quantitative estimate of drug-likeness (QED) is 0.287. The zero-order valence-electron chi connectivity index (χ0n) is 26.5. The number of carboxylic acid groups (broad SMARTS) is 1. The van der Waals surface area contributed by atoms with Gasteiger partial charge in [-0.3, -0.25) is 14.6 Å². The molecule has 7 nitrogen and oxygen atoms in total. The van der Waals surface area contributed by atoms with Gasteiger partial charge in [-0.05, 0) is 61.3 Å². The molecule has 3 aromatic rings. The predicted molar refractivity (Wildman–Crippen MR) is 177 cm³/mol. The third-order valence-electron chi connectivity index (χ3n) is 9.32. The fourth-order valence-electron chi connectivity index (χ4n) is 7.01. The van der Waals surface area contributed by atoms with Gasteiger partial charge in [-0.25, -0.2) is 4.98 Å². The maximum atomic E-state index is 13.6. The summed E-state index contributed by atoms with van der Waals surface area (Å²) in [5, 5.41) is 9.55. The summed E-state index contributed by atoms with van der Waals surface area (Å²) in [5.41, 5.74) is 13.2. The van der Waals surface area contributed by atoms with Gasteiger partial charge in [0.15, 0.2) is 5.78 Å². The molecular weight excluding hydrogens is 561 g/mol. The Balaban J connectivity index is 0.00000384. The van der Waals surface area contributed by atoms with E-state index in [1.54, 1.807) is 0 Å². The second kappa shape index (κ2) is 12.1. The van der Waals surface area contributed by atoms with E-state index < -0.39 is 5.97 Å². The summed E-state index contributed by atoms with van der Waals surface area (Å²) in [6.45, 7) is 16.8. The van der Waals surface area contributed by atoms with Crippen LogP contribution in [-0.4, -0.2) is 49.9 Å². The van der Waals surface area contributed by atoms with Gasteiger partial charge in [0.1, 0.15) is 0 Å². The normalized spacial score (nSPS) is 17.4. The van der Waals surface area contributed by atoms with Crippen LogP contribution < -0.4 is 9.97 Å². The fourth-order valence-corrected chi connectivity index (χ4v) is 7.01. The molecule has 0 saturated heterocycles. The fraction of sp³-hybridized carbons (Fsp3) is 0.389. The monoisotopic (exact) mass is 598 g/mol. The molecule has 1 aliphatic carbocycles. The summed E-state index contributed by atoms with van der Waals surface area (Å²) in [6, 6.07) is 6.11. The van der Waals surface area contributed by atoms with Gasteiger partial charge < -0.3 is 15.1 Å². The molecular formula is C36H38MgN4O3. The van der Waals surface area contributed by atoms with E-state index in [1.807, 2.05) is 31.2 Å². The molecule has 3 aromatic heterocycles. The van der Waals surface area contributed by atoms with E-state index in [0.717, 1.165) is 73.6 Å². The van der Waals surface area contributed by atoms with Crippen molar-refractivity contribution in [2.75, 3.05) is 0 Å². The van der Waals surface area contributed by atoms with Crippen LogP contribution in [0.2, 0.25) is 0 Å². The van der Waals surface area contributed by atoms with E-state index in [9.17, 15) is 14.7 Å². The third kappa shape index (κ3) is 5.26. The predicted octanol–water partition coefficient (Wildman–Crippen LogP) is 7.17. The first-order valence-corrected chi connectivity index (χ1v) is 15.3. The second-order valence-corrected chi connectivity index (χ2v) is 12.5. The average Bonchev–Trinajstić information content (AvgIpc) is 3.70. The van der Waals surface area contributed by atoms with Crippen LogP contribution in [0, 0.1) is 12.8 Å². The number of fused-ring (bicyclic) bond motifs is 8.